The van der Waals surface area contributed by atoms with Gasteiger partial charge in [0, 0.05) is 0 Å². The van der Waals surface area contributed by atoms with Crippen LogP contribution in [0.1, 0.15) is 27.2 Å². The summed E-state index contributed by atoms with van der Waals surface area (Å²) in [6.45, 7) is 3.71. The van der Waals surface area contributed by atoms with Gasteiger partial charge in [0.1, 0.15) is 24.2 Å². The molecule has 0 spiro atoms. The Morgan fingerprint density at radius 2 is 1.44 bits per heavy atom. The number of rotatable bonds is 11. The van der Waals surface area contributed by atoms with Gasteiger partial charge in [-0.15, -0.1) is 0 Å². The molecule has 0 saturated carbocycles. The number of aliphatic hydroxyl groups excluding tert-OH is 1. The quantitative estimate of drug-likeness (QED) is 0.191. The number of amides is 3. The molecule has 3 amide bonds. The van der Waals surface area contributed by atoms with Crippen LogP contribution in [0, 0.1) is 5.92 Å². The van der Waals surface area contributed by atoms with Crippen LogP contribution in [0.2, 0.25) is 0 Å². The molecule has 0 aliphatic heterocycles. The molecule has 12 heteroatoms. The lowest BCUT2D eigenvalue weighted by Gasteiger charge is -2.26. The molecule has 0 aromatic carbocycles. The van der Waals surface area contributed by atoms with Crippen LogP contribution < -0.4 is 21.7 Å². The van der Waals surface area contributed by atoms with Crippen molar-refractivity contribution >= 4 is 29.7 Å². The Morgan fingerprint density at radius 1 is 0.889 bits per heavy atom. The molecule has 0 aliphatic carbocycles. The minimum absolute atomic E-state index is 0.452. The van der Waals surface area contributed by atoms with Crippen molar-refractivity contribution in [1.82, 2.24) is 16.0 Å². The van der Waals surface area contributed by atoms with Gasteiger partial charge in [0.05, 0.1) is 13.0 Å². The van der Waals surface area contributed by atoms with Crippen LogP contribution in [0.15, 0.2) is 0 Å². The van der Waals surface area contributed by atoms with E-state index in [1.54, 1.807) is 13.8 Å². The molecule has 0 aromatic heterocycles. The molecule has 27 heavy (non-hydrogen) atoms. The van der Waals surface area contributed by atoms with E-state index in [4.69, 9.17) is 21.1 Å². The molecular formula is C15H26N4O8. The Kier molecular flexibility index (Phi) is 9.96. The summed E-state index contributed by atoms with van der Waals surface area (Å²) in [5, 5.41) is 33.2. The number of carboxylic acid groups (broad SMARTS) is 2. The Labute approximate surface area is 155 Å². The minimum atomic E-state index is -1.55. The van der Waals surface area contributed by atoms with Crippen LogP contribution in [0.3, 0.4) is 0 Å². The summed E-state index contributed by atoms with van der Waals surface area (Å²) in [7, 11) is 0. The fourth-order valence-corrected chi connectivity index (χ4v) is 1.90. The summed E-state index contributed by atoms with van der Waals surface area (Å²) < 4.78 is 0. The number of carbonyl (C=O) groups excluding carboxylic acids is 3. The molecular weight excluding hydrogens is 364 g/mol. The molecule has 4 unspecified atom stereocenters. The van der Waals surface area contributed by atoms with Crippen LogP contribution in [-0.4, -0.2) is 75.8 Å². The summed E-state index contributed by atoms with van der Waals surface area (Å²) in [5.41, 5.74) is 5.37. The van der Waals surface area contributed by atoms with Crippen molar-refractivity contribution in [1.29, 1.82) is 0 Å². The fraction of sp³-hybridized carbons (Fsp3) is 0.667. The first-order valence-electron chi connectivity index (χ1n) is 8.12. The van der Waals surface area contributed by atoms with Crippen molar-refractivity contribution in [2.75, 3.05) is 6.61 Å². The smallest absolute Gasteiger partial charge is 0.325 e. The highest BCUT2D eigenvalue weighted by Gasteiger charge is 2.31. The monoisotopic (exact) mass is 390 g/mol. The molecule has 0 saturated heterocycles. The number of nitrogens with two attached hydrogens (primary N) is 1. The maximum absolute atomic E-state index is 12.4. The van der Waals surface area contributed by atoms with Crippen LogP contribution in [0.5, 0.6) is 0 Å². The summed E-state index contributed by atoms with van der Waals surface area (Å²) in [5.74, 6) is -5.84. The van der Waals surface area contributed by atoms with E-state index in [1.165, 1.54) is 6.92 Å². The van der Waals surface area contributed by atoms with Gasteiger partial charge in [0.2, 0.25) is 17.7 Å². The topological polar surface area (TPSA) is 208 Å². The lowest BCUT2D eigenvalue weighted by Crippen LogP contribution is -2.58. The molecule has 4 atom stereocenters. The van der Waals surface area contributed by atoms with Crippen molar-refractivity contribution in [2.24, 2.45) is 11.7 Å². The maximum Gasteiger partial charge on any atom is 0.325 e. The van der Waals surface area contributed by atoms with E-state index in [0.717, 1.165) is 0 Å². The fourth-order valence-electron chi connectivity index (χ4n) is 1.90. The van der Waals surface area contributed by atoms with Gasteiger partial charge in [-0.3, -0.25) is 24.0 Å². The zero-order valence-electron chi connectivity index (χ0n) is 15.3. The van der Waals surface area contributed by atoms with E-state index in [2.05, 4.69) is 16.0 Å². The van der Waals surface area contributed by atoms with E-state index in [9.17, 15) is 24.0 Å². The molecule has 0 aliphatic rings. The van der Waals surface area contributed by atoms with Gasteiger partial charge in [0.15, 0.2) is 0 Å². The molecule has 0 heterocycles. The molecule has 0 fully saturated rings. The highest BCUT2D eigenvalue weighted by molar-refractivity contribution is 5.95. The van der Waals surface area contributed by atoms with Gasteiger partial charge in [-0.1, -0.05) is 13.8 Å². The molecule has 12 nitrogen and oxygen atoms in total. The van der Waals surface area contributed by atoms with Crippen LogP contribution in [-0.2, 0) is 24.0 Å². The van der Waals surface area contributed by atoms with Crippen molar-refractivity contribution in [2.45, 2.75) is 51.4 Å². The molecule has 0 rings (SSSR count). The zero-order valence-corrected chi connectivity index (χ0v) is 15.3. The van der Waals surface area contributed by atoms with Crippen molar-refractivity contribution < 1.29 is 39.3 Å². The molecule has 0 aromatic rings. The predicted molar refractivity (Wildman–Crippen MR) is 91.3 cm³/mol. The highest BCUT2D eigenvalue weighted by Crippen LogP contribution is 2.04. The van der Waals surface area contributed by atoms with E-state index >= 15 is 0 Å². The zero-order chi connectivity index (χ0) is 21.3. The number of carbonyl (C=O) groups is 5. The number of aliphatic carboxylic acids is 2. The lowest BCUT2D eigenvalue weighted by molar-refractivity contribution is -0.143. The van der Waals surface area contributed by atoms with Gasteiger partial charge >= 0.3 is 11.9 Å². The average molecular weight is 390 g/mol. The predicted octanol–water partition coefficient (Wildman–Crippen LogP) is -3.00. The van der Waals surface area contributed by atoms with Crippen LogP contribution in [0.25, 0.3) is 0 Å². The summed E-state index contributed by atoms with van der Waals surface area (Å²) in [6.07, 6.45) is -0.793. The van der Waals surface area contributed by atoms with Gasteiger partial charge < -0.3 is 37.0 Å². The summed E-state index contributed by atoms with van der Waals surface area (Å²) >= 11 is 0. The summed E-state index contributed by atoms with van der Waals surface area (Å²) in [6, 6.07) is -5.26. The van der Waals surface area contributed by atoms with Gasteiger partial charge in [-0.05, 0) is 12.8 Å². The second-order valence-corrected chi connectivity index (χ2v) is 6.25. The van der Waals surface area contributed by atoms with Crippen molar-refractivity contribution in [3.63, 3.8) is 0 Å². The number of hydrogen-bond donors (Lipinski definition) is 7. The number of aliphatic hydroxyl groups is 1. The normalized spacial score (nSPS) is 15.2. The third-order valence-electron chi connectivity index (χ3n) is 3.52. The van der Waals surface area contributed by atoms with E-state index in [0.29, 0.717) is 0 Å². The number of nitrogens with one attached hydrogen (secondary N) is 3. The standard InChI is InChI=1S/C15H26N4O8/c1-6(2)11(19-12(23)8(16)5-20)14(25)18-9(4-10(21)22)13(24)17-7(3)15(26)27/h6-9,11,20H,4-5,16H2,1-3H3,(H,17,24)(H,18,25)(H,19,23)(H,21,22)(H,26,27). The highest BCUT2D eigenvalue weighted by atomic mass is 16.4. The first-order chi connectivity index (χ1) is 12.4. The van der Waals surface area contributed by atoms with Gasteiger partial charge in [-0.2, -0.15) is 0 Å². The molecule has 154 valence electrons. The Morgan fingerprint density at radius 3 is 1.85 bits per heavy atom. The largest absolute Gasteiger partial charge is 0.481 e. The second kappa shape index (κ2) is 11.1. The van der Waals surface area contributed by atoms with Crippen molar-refractivity contribution in [3.8, 4) is 0 Å². The third-order valence-corrected chi connectivity index (χ3v) is 3.52. The second-order valence-electron chi connectivity index (χ2n) is 6.25. The molecule has 0 radical (unpaired) electrons. The molecule has 8 N–H and O–H groups in total. The van der Waals surface area contributed by atoms with E-state index in [1.807, 2.05) is 0 Å². The van der Waals surface area contributed by atoms with Gasteiger partial charge in [-0.25, -0.2) is 0 Å². The van der Waals surface area contributed by atoms with E-state index in [-0.39, 0.29) is 0 Å². The van der Waals surface area contributed by atoms with Crippen molar-refractivity contribution in [3.05, 3.63) is 0 Å². The SMILES string of the molecule is CC(NC(=O)C(CC(=O)O)NC(=O)C(NC(=O)C(N)CO)C(C)C)C(=O)O. The minimum Gasteiger partial charge on any atom is -0.481 e. The van der Waals surface area contributed by atoms with Crippen LogP contribution >= 0.6 is 0 Å². The maximum atomic E-state index is 12.4. The Bertz CT molecular complexity index is 580. The van der Waals surface area contributed by atoms with E-state index < -0.39 is 72.8 Å². The Balaban J connectivity index is 5.26. The van der Waals surface area contributed by atoms with Gasteiger partial charge in [0.25, 0.3) is 0 Å². The van der Waals surface area contributed by atoms with Crippen LogP contribution in [0.4, 0.5) is 0 Å². The average Bonchev–Trinajstić information content (AvgIpc) is 2.56. The number of carboxylic acids is 2. The Hall–Kier alpha value is -2.73. The number of hydrogen-bond acceptors (Lipinski definition) is 7. The summed E-state index contributed by atoms with van der Waals surface area (Å²) in [4.78, 5) is 58.1. The first kappa shape index (κ1) is 24.3. The molecule has 0 bridgehead atoms. The first-order valence-corrected chi connectivity index (χ1v) is 8.12. The lowest BCUT2D eigenvalue weighted by atomic mass is 10.0. The third kappa shape index (κ3) is 8.46.